The fourth-order valence-corrected chi connectivity index (χ4v) is 3.61. The summed E-state index contributed by atoms with van der Waals surface area (Å²) >= 11 is 0. The fourth-order valence-electron chi connectivity index (χ4n) is 3.61. The van der Waals surface area contributed by atoms with Gasteiger partial charge in [-0.1, -0.05) is 6.08 Å². The van der Waals surface area contributed by atoms with Gasteiger partial charge in [0.05, 0.1) is 24.1 Å². The Kier molecular flexibility index (Phi) is 3.97. The Morgan fingerprint density at radius 2 is 2.30 bits per heavy atom. The number of nitriles is 1. The molecule has 2 heterocycles. The van der Waals surface area contributed by atoms with Crippen LogP contribution < -0.4 is 4.74 Å². The second-order valence-corrected chi connectivity index (χ2v) is 7.65. The van der Waals surface area contributed by atoms with E-state index in [1.54, 1.807) is 38.1 Å². The van der Waals surface area contributed by atoms with Gasteiger partial charge >= 0.3 is 0 Å². The van der Waals surface area contributed by atoms with Crippen LogP contribution in [0, 0.1) is 23.2 Å². The van der Waals surface area contributed by atoms with E-state index in [4.69, 9.17) is 9.47 Å². The van der Waals surface area contributed by atoms with Crippen LogP contribution in [0.25, 0.3) is 0 Å². The summed E-state index contributed by atoms with van der Waals surface area (Å²) in [5.74, 6) is 0.813. The zero-order valence-electron chi connectivity index (χ0n) is 15.3. The molecule has 3 aliphatic rings. The predicted octanol–water partition coefficient (Wildman–Crippen LogP) is 2.13. The summed E-state index contributed by atoms with van der Waals surface area (Å²) in [7, 11) is 0. The van der Waals surface area contributed by atoms with Crippen LogP contribution in [-0.2, 0) is 9.53 Å². The van der Waals surface area contributed by atoms with E-state index in [0.717, 1.165) is 0 Å². The Labute approximate surface area is 157 Å². The molecule has 1 N–H and O–H groups in total. The Balaban J connectivity index is 1.70. The molecule has 0 unspecified atom stereocenters. The standard InChI is InChI=1S/C20H21N3O4/c1-4-7-23-19(25)13-9-12(13)18(22-23)26-16-14-8-11(10-21)5-6-15(14)27-20(2,3)17(16)24/h4-6,8,12-13,16-17,24H,1,7,9H2,2-3H3/t12-,13+,16-,17+/m1/s1. The summed E-state index contributed by atoms with van der Waals surface area (Å²) in [5, 5.41) is 25.8. The number of ether oxygens (including phenoxy) is 2. The first-order valence-corrected chi connectivity index (χ1v) is 8.94. The number of hydrogen-bond donors (Lipinski definition) is 1. The molecule has 0 radical (unpaired) electrons. The first kappa shape index (κ1) is 17.6. The molecule has 4 atom stereocenters. The summed E-state index contributed by atoms with van der Waals surface area (Å²) in [6, 6.07) is 7.15. The lowest BCUT2D eigenvalue weighted by atomic mass is 9.87. The number of nitrogens with zero attached hydrogens (tertiary/aromatic N) is 3. The predicted molar refractivity (Wildman–Crippen MR) is 96.6 cm³/mol. The van der Waals surface area contributed by atoms with Crippen molar-refractivity contribution in [2.45, 2.75) is 38.1 Å². The van der Waals surface area contributed by atoms with Crippen molar-refractivity contribution in [3.05, 3.63) is 42.0 Å². The number of rotatable bonds is 3. The number of fused-ring (bicyclic) bond motifs is 2. The Hall–Kier alpha value is -2.85. The summed E-state index contributed by atoms with van der Waals surface area (Å²) in [6.07, 6.45) is 0.599. The Morgan fingerprint density at radius 1 is 1.52 bits per heavy atom. The lowest BCUT2D eigenvalue weighted by Crippen LogP contribution is -2.50. The van der Waals surface area contributed by atoms with Gasteiger partial charge in [-0.15, -0.1) is 11.7 Å². The van der Waals surface area contributed by atoms with Gasteiger partial charge in [-0.25, -0.2) is 5.01 Å². The molecule has 2 aliphatic heterocycles. The van der Waals surface area contributed by atoms with Crippen LogP contribution >= 0.6 is 0 Å². The highest BCUT2D eigenvalue weighted by molar-refractivity contribution is 5.96. The van der Waals surface area contributed by atoms with Crippen molar-refractivity contribution in [1.29, 1.82) is 5.26 Å². The molecule has 1 aliphatic carbocycles. The minimum atomic E-state index is -0.968. The maximum Gasteiger partial charge on any atom is 0.247 e. The maximum atomic E-state index is 12.3. The zero-order chi connectivity index (χ0) is 19.3. The zero-order valence-corrected chi connectivity index (χ0v) is 15.3. The number of hydrogen-bond acceptors (Lipinski definition) is 6. The quantitative estimate of drug-likeness (QED) is 0.826. The van der Waals surface area contributed by atoms with Crippen molar-refractivity contribution in [1.82, 2.24) is 5.01 Å². The average Bonchev–Trinajstić information content (AvgIpc) is 3.43. The van der Waals surface area contributed by atoms with E-state index < -0.39 is 17.8 Å². The largest absolute Gasteiger partial charge is 0.485 e. The third kappa shape index (κ3) is 2.86. The number of hydrazone groups is 1. The molecule has 0 bridgehead atoms. The van der Waals surface area contributed by atoms with E-state index in [-0.39, 0.29) is 17.7 Å². The minimum Gasteiger partial charge on any atom is -0.485 e. The van der Waals surface area contributed by atoms with E-state index in [2.05, 4.69) is 17.7 Å². The van der Waals surface area contributed by atoms with Gasteiger partial charge in [-0.2, -0.15) is 5.26 Å². The number of aliphatic hydroxyl groups excluding tert-OH is 1. The molecular formula is C20H21N3O4. The van der Waals surface area contributed by atoms with E-state index in [1.165, 1.54) is 5.01 Å². The number of benzene rings is 1. The van der Waals surface area contributed by atoms with Crippen molar-refractivity contribution in [3.63, 3.8) is 0 Å². The second-order valence-electron chi connectivity index (χ2n) is 7.65. The fraction of sp³-hybridized carbons (Fsp3) is 0.450. The highest BCUT2D eigenvalue weighted by Crippen LogP contribution is 2.48. The molecule has 0 aromatic heterocycles. The first-order valence-electron chi connectivity index (χ1n) is 8.94. The molecule has 1 fully saturated rings. The second kappa shape index (κ2) is 6.10. The smallest absolute Gasteiger partial charge is 0.247 e. The molecule has 1 aromatic carbocycles. The molecule has 27 heavy (non-hydrogen) atoms. The van der Waals surface area contributed by atoms with Crippen LogP contribution in [0.15, 0.2) is 36.0 Å². The van der Waals surface area contributed by atoms with Gasteiger partial charge < -0.3 is 14.6 Å². The molecule has 7 nitrogen and oxygen atoms in total. The average molecular weight is 367 g/mol. The van der Waals surface area contributed by atoms with Crippen LogP contribution in [0.4, 0.5) is 0 Å². The van der Waals surface area contributed by atoms with E-state index in [9.17, 15) is 15.2 Å². The SMILES string of the molecule is C=CCN1N=C(O[C@@H]2c3cc(C#N)ccc3OC(C)(C)[C@H]2O)[C@@H]2C[C@@H]2C1=O. The molecule has 0 spiro atoms. The van der Waals surface area contributed by atoms with E-state index in [1.807, 2.05) is 0 Å². The first-order chi connectivity index (χ1) is 12.9. The summed E-state index contributed by atoms with van der Waals surface area (Å²) < 4.78 is 12.1. The van der Waals surface area contributed by atoms with Gasteiger partial charge in [0.25, 0.3) is 0 Å². The lowest BCUT2D eigenvalue weighted by Gasteiger charge is -2.42. The molecule has 7 heteroatoms. The number of amides is 1. The summed E-state index contributed by atoms with van der Waals surface area (Å²) in [6.45, 7) is 7.53. The Bertz CT molecular complexity index is 886. The summed E-state index contributed by atoms with van der Waals surface area (Å²) in [5.41, 5.74) is 0.185. The summed E-state index contributed by atoms with van der Waals surface area (Å²) in [4.78, 5) is 12.3. The lowest BCUT2D eigenvalue weighted by molar-refractivity contribution is -0.134. The van der Waals surface area contributed by atoms with Crippen LogP contribution in [0.5, 0.6) is 5.75 Å². The molecule has 1 amide bonds. The molecule has 140 valence electrons. The Morgan fingerprint density at radius 3 is 3.00 bits per heavy atom. The molecule has 4 rings (SSSR count). The van der Waals surface area contributed by atoms with Crippen molar-refractivity contribution in [2.24, 2.45) is 16.9 Å². The van der Waals surface area contributed by atoms with Crippen LogP contribution in [0.1, 0.15) is 37.5 Å². The van der Waals surface area contributed by atoms with Crippen LogP contribution in [-0.4, -0.2) is 40.2 Å². The molecule has 1 saturated carbocycles. The highest BCUT2D eigenvalue weighted by Gasteiger charge is 2.54. The number of carbonyl (C=O) groups is 1. The van der Waals surface area contributed by atoms with E-state index >= 15 is 0 Å². The molecular weight excluding hydrogens is 346 g/mol. The monoisotopic (exact) mass is 367 g/mol. The minimum absolute atomic E-state index is 0.0210. The third-order valence-corrected chi connectivity index (χ3v) is 5.27. The number of aliphatic hydroxyl groups is 1. The van der Waals surface area contributed by atoms with Gasteiger partial charge in [0.1, 0.15) is 17.5 Å². The number of carbonyl (C=O) groups excluding carboxylic acids is 1. The van der Waals surface area contributed by atoms with Gasteiger partial charge in [-0.3, -0.25) is 4.79 Å². The topological polar surface area (TPSA) is 95.2 Å². The molecule has 1 aromatic rings. The van der Waals surface area contributed by atoms with Crippen LogP contribution in [0.3, 0.4) is 0 Å². The maximum absolute atomic E-state index is 12.3. The van der Waals surface area contributed by atoms with Gasteiger partial charge in [0.2, 0.25) is 11.8 Å². The van der Waals surface area contributed by atoms with E-state index in [0.29, 0.717) is 35.7 Å². The van der Waals surface area contributed by atoms with Crippen molar-refractivity contribution >= 4 is 11.8 Å². The van der Waals surface area contributed by atoms with Gasteiger partial charge in [0.15, 0.2) is 6.10 Å². The van der Waals surface area contributed by atoms with Crippen molar-refractivity contribution < 1.29 is 19.4 Å². The third-order valence-electron chi connectivity index (χ3n) is 5.27. The normalized spacial score (nSPS) is 30.2. The molecule has 0 saturated heterocycles. The van der Waals surface area contributed by atoms with Crippen LogP contribution in [0.2, 0.25) is 0 Å². The van der Waals surface area contributed by atoms with Gasteiger partial charge in [-0.05, 0) is 38.5 Å². The van der Waals surface area contributed by atoms with Crippen molar-refractivity contribution in [3.8, 4) is 11.8 Å². The van der Waals surface area contributed by atoms with Gasteiger partial charge in [0, 0.05) is 11.5 Å². The highest BCUT2D eigenvalue weighted by atomic mass is 16.5. The van der Waals surface area contributed by atoms with Crippen molar-refractivity contribution in [2.75, 3.05) is 6.54 Å².